The second-order valence-electron chi connectivity index (χ2n) is 4.51. The van der Waals surface area contributed by atoms with Crippen molar-refractivity contribution in [2.45, 2.75) is 52.2 Å². The van der Waals surface area contributed by atoms with Gasteiger partial charge in [-0.1, -0.05) is 31.6 Å². The van der Waals surface area contributed by atoms with Crippen molar-refractivity contribution >= 4 is 6.09 Å². The predicted octanol–water partition coefficient (Wildman–Crippen LogP) is 3.52. The largest absolute Gasteiger partial charge is 0.444 e. The Labute approximate surface area is 104 Å². The molecule has 0 bridgehead atoms. The first kappa shape index (κ1) is 13.8. The molecule has 0 radical (unpaired) electrons. The van der Waals surface area contributed by atoms with E-state index in [1.54, 1.807) is 0 Å². The minimum atomic E-state index is -0.187. The Kier molecular flexibility index (Phi) is 5.26. The van der Waals surface area contributed by atoms with Crippen LogP contribution in [0.4, 0.5) is 4.79 Å². The summed E-state index contributed by atoms with van der Waals surface area (Å²) in [5.41, 5.74) is 1.22. The lowest BCUT2D eigenvalue weighted by atomic mass is 10.0. The molecule has 0 saturated carbocycles. The van der Waals surface area contributed by atoms with Crippen LogP contribution in [0.2, 0.25) is 0 Å². The van der Waals surface area contributed by atoms with E-state index in [-0.39, 0.29) is 18.2 Å². The first-order chi connectivity index (χ1) is 8.13. The highest BCUT2D eigenvalue weighted by Crippen LogP contribution is 2.25. The number of carbonyl (C=O) groups is 1. The Morgan fingerprint density at radius 2 is 2.24 bits per heavy atom. The van der Waals surface area contributed by atoms with Crippen LogP contribution in [0.25, 0.3) is 0 Å². The lowest BCUT2D eigenvalue weighted by Gasteiger charge is -2.23. The maximum absolute atomic E-state index is 11.8. The molecule has 17 heavy (non-hydrogen) atoms. The van der Waals surface area contributed by atoms with Gasteiger partial charge in [-0.25, -0.2) is 4.79 Å². The molecule has 0 unspecified atom stereocenters. The monoisotopic (exact) mass is 237 g/mol. The van der Waals surface area contributed by atoms with Crippen molar-refractivity contribution < 1.29 is 9.53 Å². The smallest absolute Gasteiger partial charge is 0.410 e. The van der Waals surface area contributed by atoms with Gasteiger partial charge in [0.15, 0.2) is 0 Å². The topological polar surface area (TPSA) is 29.5 Å². The molecule has 1 saturated heterocycles. The Bertz CT molecular complexity index is 309. The Balaban J connectivity index is 2.76. The molecule has 0 aromatic heterocycles. The molecule has 0 N–H and O–H groups in total. The second-order valence-corrected chi connectivity index (χ2v) is 4.51. The van der Waals surface area contributed by atoms with Crippen molar-refractivity contribution in [1.82, 2.24) is 4.90 Å². The van der Waals surface area contributed by atoms with Crippen LogP contribution in [-0.4, -0.2) is 29.7 Å². The van der Waals surface area contributed by atoms with Crippen LogP contribution >= 0.6 is 0 Å². The van der Waals surface area contributed by atoms with Crippen LogP contribution < -0.4 is 0 Å². The molecular weight excluding hydrogens is 214 g/mol. The minimum Gasteiger partial charge on any atom is -0.444 e. The average molecular weight is 237 g/mol. The SMILES string of the molecule is C=CC[C@H]1[C@H](CC)OC(=O)N1C/C(C)=C/CC. The van der Waals surface area contributed by atoms with Crippen molar-refractivity contribution in [2.75, 3.05) is 6.54 Å². The molecule has 2 atom stereocenters. The summed E-state index contributed by atoms with van der Waals surface area (Å²) >= 11 is 0. The number of nitrogens with zero attached hydrogens (tertiary/aromatic N) is 1. The highest BCUT2D eigenvalue weighted by atomic mass is 16.6. The van der Waals surface area contributed by atoms with Crippen LogP contribution in [0, 0.1) is 0 Å². The normalized spacial score (nSPS) is 25.0. The van der Waals surface area contributed by atoms with Crippen LogP contribution in [0.1, 0.15) is 40.0 Å². The highest BCUT2D eigenvalue weighted by molar-refractivity contribution is 5.71. The maximum Gasteiger partial charge on any atom is 0.410 e. The third-order valence-electron chi connectivity index (χ3n) is 3.10. The van der Waals surface area contributed by atoms with Crippen LogP contribution in [0.3, 0.4) is 0 Å². The summed E-state index contributed by atoms with van der Waals surface area (Å²) in [5, 5.41) is 0. The van der Waals surface area contributed by atoms with Crippen molar-refractivity contribution in [3.05, 3.63) is 24.3 Å². The molecule has 0 aromatic rings. The number of ether oxygens (including phenoxy) is 1. The molecule has 1 fully saturated rings. The Morgan fingerprint density at radius 1 is 1.53 bits per heavy atom. The number of rotatable bonds is 6. The summed E-state index contributed by atoms with van der Waals surface area (Å²) in [6.07, 6.45) is 6.49. The van der Waals surface area contributed by atoms with Gasteiger partial charge >= 0.3 is 6.09 Å². The molecular formula is C14H23NO2. The van der Waals surface area contributed by atoms with E-state index in [0.29, 0.717) is 6.54 Å². The van der Waals surface area contributed by atoms with E-state index in [1.807, 2.05) is 17.9 Å². The Hall–Kier alpha value is -1.25. The number of cyclic esters (lactones) is 1. The number of hydrogen-bond acceptors (Lipinski definition) is 2. The molecule has 3 nitrogen and oxygen atoms in total. The molecule has 0 aromatic carbocycles. The van der Waals surface area contributed by atoms with E-state index in [0.717, 1.165) is 19.3 Å². The van der Waals surface area contributed by atoms with Crippen molar-refractivity contribution in [3.63, 3.8) is 0 Å². The molecule has 0 spiro atoms. The minimum absolute atomic E-state index is 0.00919. The standard InChI is InChI=1S/C14H23NO2/c1-5-8-11(4)10-15-12(9-6-2)13(7-3)17-14(15)16/h6,8,12-13H,2,5,7,9-10H2,1,3-4H3/b11-8+/t12-,13-/m0/s1. The van der Waals surface area contributed by atoms with Crippen LogP contribution in [-0.2, 0) is 4.74 Å². The van der Waals surface area contributed by atoms with Gasteiger partial charge in [0.05, 0.1) is 6.04 Å². The van der Waals surface area contributed by atoms with Gasteiger partial charge in [0, 0.05) is 6.54 Å². The molecule has 1 heterocycles. The van der Waals surface area contributed by atoms with Gasteiger partial charge in [0.1, 0.15) is 6.10 Å². The first-order valence-electron chi connectivity index (χ1n) is 6.37. The van der Waals surface area contributed by atoms with Gasteiger partial charge in [-0.2, -0.15) is 0 Å². The first-order valence-corrected chi connectivity index (χ1v) is 6.37. The number of hydrogen-bond donors (Lipinski definition) is 0. The molecule has 0 aliphatic carbocycles. The van der Waals surface area contributed by atoms with Crippen molar-refractivity contribution in [2.24, 2.45) is 0 Å². The van der Waals surface area contributed by atoms with Gasteiger partial charge in [-0.15, -0.1) is 6.58 Å². The summed E-state index contributed by atoms with van der Waals surface area (Å²) in [4.78, 5) is 13.6. The molecule has 1 aliphatic heterocycles. The third kappa shape index (κ3) is 3.35. The highest BCUT2D eigenvalue weighted by Gasteiger charge is 2.39. The second kappa shape index (κ2) is 6.48. The van der Waals surface area contributed by atoms with Gasteiger partial charge in [0.2, 0.25) is 0 Å². The van der Waals surface area contributed by atoms with E-state index < -0.39 is 0 Å². The van der Waals surface area contributed by atoms with Gasteiger partial charge in [0.25, 0.3) is 0 Å². The van der Waals surface area contributed by atoms with E-state index >= 15 is 0 Å². The van der Waals surface area contributed by atoms with Crippen LogP contribution in [0.5, 0.6) is 0 Å². The lowest BCUT2D eigenvalue weighted by molar-refractivity contribution is 0.127. The quantitative estimate of drug-likeness (QED) is 0.661. The zero-order chi connectivity index (χ0) is 12.8. The summed E-state index contributed by atoms with van der Waals surface area (Å²) in [7, 11) is 0. The number of carbonyl (C=O) groups excluding carboxylic acids is 1. The zero-order valence-corrected chi connectivity index (χ0v) is 11.1. The predicted molar refractivity (Wildman–Crippen MR) is 69.9 cm³/mol. The molecule has 3 heteroatoms. The van der Waals surface area contributed by atoms with Crippen molar-refractivity contribution in [1.29, 1.82) is 0 Å². The number of allylic oxidation sites excluding steroid dienone is 1. The Morgan fingerprint density at radius 3 is 2.76 bits per heavy atom. The summed E-state index contributed by atoms with van der Waals surface area (Å²) in [6, 6.07) is 0.144. The summed E-state index contributed by atoms with van der Waals surface area (Å²) in [6.45, 7) is 10.6. The molecule has 1 rings (SSSR count). The number of amides is 1. The van der Waals surface area contributed by atoms with E-state index in [9.17, 15) is 4.79 Å². The zero-order valence-electron chi connectivity index (χ0n) is 11.1. The fraction of sp³-hybridized carbons (Fsp3) is 0.643. The van der Waals surface area contributed by atoms with Crippen LogP contribution in [0.15, 0.2) is 24.3 Å². The summed E-state index contributed by atoms with van der Waals surface area (Å²) < 4.78 is 5.38. The lowest BCUT2D eigenvalue weighted by Crippen LogP contribution is -2.37. The molecule has 1 amide bonds. The maximum atomic E-state index is 11.8. The molecule has 1 aliphatic rings. The van der Waals surface area contributed by atoms with Gasteiger partial charge in [-0.3, -0.25) is 4.90 Å². The average Bonchev–Trinajstić information content (AvgIpc) is 2.58. The third-order valence-corrected chi connectivity index (χ3v) is 3.10. The van der Waals surface area contributed by atoms with Gasteiger partial charge < -0.3 is 4.74 Å². The summed E-state index contributed by atoms with van der Waals surface area (Å²) in [5.74, 6) is 0. The fourth-order valence-corrected chi connectivity index (χ4v) is 2.28. The van der Waals surface area contributed by atoms with Crippen molar-refractivity contribution in [3.8, 4) is 0 Å². The fourth-order valence-electron chi connectivity index (χ4n) is 2.28. The van der Waals surface area contributed by atoms with Gasteiger partial charge in [-0.05, 0) is 26.2 Å². The van der Waals surface area contributed by atoms with E-state index in [1.165, 1.54) is 5.57 Å². The molecule has 96 valence electrons. The van der Waals surface area contributed by atoms with E-state index in [4.69, 9.17) is 4.74 Å². The van der Waals surface area contributed by atoms with E-state index in [2.05, 4.69) is 26.5 Å².